The summed E-state index contributed by atoms with van der Waals surface area (Å²) in [6, 6.07) is 26.7. The maximum Gasteiger partial charge on any atom is 0.416 e. The van der Waals surface area contributed by atoms with E-state index in [-0.39, 0.29) is 12.1 Å². The van der Waals surface area contributed by atoms with E-state index in [1.807, 2.05) is 50.4 Å². The molecule has 0 amide bonds. The maximum atomic E-state index is 14.3. The Hall–Kier alpha value is -4.19. The molecule has 1 aliphatic heterocycles. The van der Waals surface area contributed by atoms with Gasteiger partial charge in [-0.3, -0.25) is 9.97 Å². The first-order chi connectivity index (χ1) is 20.2. The number of hydrogen-bond donors (Lipinski definition) is 0. The zero-order chi connectivity index (χ0) is 30.7. The molecule has 0 radical (unpaired) electrons. The van der Waals surface area contributed by atoms with Gasteiger partial charge >= 0.3 is 6.18 Å². The summed E-state index contributed by atoms with van der Waals surface area (Å²) in [5.41, 5.74) is 8.84. The van der Waals surface area contributed by atoms with Crippen molar-refractivity contribution in [2.24, 2.45) is 0 Å². The number of pyridine rings is 2. The highest BCUT2D eigenvalue weighted by molar-refractivity contribution is 6.98. The summed E-state index contributed by atoms with van der Waals surface area (Å²) in [6.45, 7) is 12.3. The average Bonchev–Trinajstić information content (AvgIpc) is 3.29. The molecule has 0 aliphatic carbocycles. The molecule has 0 N–H and O–H groups in total. The van der Waals surface area contributed by atoms with Crippen LogP contribution in [-0.2, 0) is 17.0 Å². The Balaban J connectivity index is 1.54. The van der Waals surface area contributed by atoms with Crippen molar-refractivity contribution < 1.29 is 13.2 Å². The van der Waals surface area contributed by atoms with Crippen molar-refractivity contribution in [3.8, 4) is 22.3 Å². The topological polar surface area (TPSA) is 25.8 Å². The molecule has 0 bridgehead atoms. The van der Waals surface area contributed by atoms with E-state index in [0.29, 0.717) is 16.8 Å². The SMILES string of the molecule is Cc1ccc2c(c1)-c1ccc(-c3cc(C(F)(F)F)cc(C(C)(C)c4ccccn4)c3)cc1B2c1cc(C(C)(C)C)ccn1. The number of aromatic nitrogens is 2. The van der Waals surface area contributed by atoms with Gasteiger partial charge in [0.1, 0.15) is 0 Å². The number of benzene rings is 3. The fourth-order valence-corrected chi connectivity index (χ4v) is 6.14. The third-order valence-electron chi connectivity index (χ3n) is 8.74. The Bertz CT molecular complexity index is 1840. The molecule has 216 valence electrons. The number of hydrogen-bond acceptors (Lipinski definition) is 2. The van der Waals surface area contributed by atoms with Gasteiger partial charge in [-0.15, -0.1) is 0 Å². The summed E-state index contributed by atoms with van der Waals surface area (Å²) in [5, 5.41) is 0. The summed E-state index contributed by atoms with van der Waals surface area (Å²) < 4.78 is 42.9. The summed E-state index contributed by atoms with van der Waals surface area (Å²) in [4.78, 5) is 9.31. The zero-order valence-corrected chi connectivity index (χ0v) is 25.3. The van der Waals surface area contributed by atoms with Crippen LogP contribution >= 0.6 is 0 Å². The highest BCUT2D eigenvalue weighted by Crippen LogP contribution is 2.39. The monoisotopic (exact) mass is 574 g/mol. The molecule has 5 aromatic rings. The highest BCUT2D eigenvalue weighted by atomic mass is 19.4. The van der Waals surface area contributed by atoms with E-state index in [0.717, 1.165) is 38.8 Å². The zero-order valence-electron chi connectivity index (χ0n) is 25.3. The molecule has 0 atom stereocenters. The van der Waals surface area contributed by atoms with Gasteiger partial charge in [0, 0.05) is 23.4 Å². The molecule has 0 fully saturated rings. The Morgan fingerprint density at radius 1 is 0.605 bits per heavy atom. The van der Waals surface area contributed by atoms with E-state index >= 15 is 0 Å². The number of nitrogens with zero attached hydrogens (tertiary/aromatic N) is 2. The first kappa shape index (κ1) is 28.9. The molecule has 6 heteroatoms. The van der Waals surface area contributed by atoms with Gasteiger partial charge in [0.25, 0.3) is 6.71 Å². The average molecular weight is 574 g/mol. The summed E-state index contributed by atoms with van der Waals surface area (Å²) in [7, 11) is 0. The predicted octanol–water partition coefficient (Wildman–Crippen LogP) is 7.59. The van der Waals surface area contributed by atoms with E-state index in [2.05, 4.69) is 75.1 Å². The smallest absolute Gasteiger partial charge is 0.270 e. The van der Waals surface area contributed by atoms with Crippen LogP contribution in [0.25, 0.3) is 22.3 Å². The van der Waals surface area contributed by atoms with Crippen molar-refractivity contribution in [3.63, 3.8) is 0 Å². The van der Waals surface area contributed by atoms with E-state index in [4.69, 9.17) is 4.98 Å². The maximum absolute atomic E-state index is 14.3. The van der Waals surface area contributed by atoms with Gasteiger partial charge in [-0.2, -0.15) is 13.2 Å². The van der Waals surface area contributed by atoms with Crippen LogP contribution in [0, 0.1) is 6.92 Å². The minimum absolute atomic E-state index is 0.0497. The summed E-state index contributed by atoms with van der Waals surface area (Å²) >= 11 is 0. The van der Waals surface area contributed by atoms with Crippen LogP contribution in [0.15, 0.2) is 97.3 Å². The Labute approximate surface area is 252 Å². The minimum Gasteiger partial charge on any atom is -0.270 e. The van der Waals surface area contributed by atoms with E-state index in [1.54, 1.807) is 6.20 Å². The van der Waals surface area contributed by atoms with Crippen molar-refractivity contribution in [2.45, 2.75) is 58.5 Å². The predicted molar refractivity (Wildman–Crippen MR) is 171 cm³/mol. The van der Waals surface area contributed by atoms with Crippen LogP contribution in [0.1, 0.15) is 62.6 Å². The molecule has 0 unspecified atom stereocenters. The largest absolute Gasteiger partial charge is 0.416 e. The molecular formula is C37H34BF3N2. The number of alkyl halides is 3. The lowest BCUT2D eigenvalue weighted by atomic mass is 9.40. The van der Waals surface area contributed by atoms with Gasteiger partial charge in [0.15, 0.2) is 0 Å². The number of aryl methyl sites for hydroxylation is 1. The first-order valence-electron chi connectivity index (χ1n) is 14.6. The summed E-state index contributed by atoms with van der Waals surface area (Å²) in [6.07, 6.45) is -0.950. The molecule has 0 spiro atoms. The second-order valence-corrected chi connectivity index (χ2v) is 13.2. The van der Waals surface area contributed by atoms with E-state index in [9.17, 15) is 13.2 Å². The van der Waals surface area contributed by atoms with Crippen molar-refractivity contribution >= 4 is 23.2 Å². The molecule has 3 aromatic carbocycles. The summed E-state index contributed by atoms with van der Waals surface area (Å²) in [5.74, 6) is 0. The van der Waals surface area contributed by atoms with Gasteiger partial charge in [0.2, 0.25) is 0 Å². The second kappa shape index (κ2) is 10.2. The third kappa shape index (κ3) is 5.28. The molecule has 2 aromatic heterocycles. The van der Waals surface area contributed by atoms with Gasteiger partial charge in [-0.25, -0.2) is 0 Å². The molecule has 3 heterocycles. The van der Waals surface area contributed by atoms with Crippen LogP contribution in [0.3, 0.4) is 0 Å². The second-order valence-electron chi connectivity index (χ2n) is 13.2. The van der Waals surface area contributed by atoms with Gasteiger partial charge in [-0.1, -0.05) is 99.6 Å². The molecule has 0 saturated heterocycles. The Morgan fingerprint density at radius 2 is 1.37 bits per heavy atom. The van der Waals surface area contributed by atoms with Crippen LogP contribution in [0.4, 0.5) is 13.2 Å². The van der Waals surface area contributed by atoms with Gasteiger partial charge in [0.05, 0.1) is 11.3 Å². The lowest BCUT2D eigenvalue weighted by Crippen LogP contribution is -2.50. The van der Waals surface area contributed by atoms with Crippen LogP contribution in [0.2, 0.25) is 0 Å². The highest BCUT2D eigenvalue weighted by Gasteiger charge is 2.37. The van der Waals surface area contributed by atoms with Crippen molar-refractivity contribution in [3.05, 3.63) is 125 Å². The molecule has 1 aliphatic rings. The van der Waals surface area contributed by atoms with Gasteiger partial charge in [-0.05, 0) is 82.1 Å². The quantitative estimate of drug-likeness (QED) is 0.203. The Morgan fingerprint density at radius 3 is 2.07 bits per heavy atom. The lowest BCUT2D eigenvalue weighted by molar-refractivity contribution is -0.137. The molecule has 6 rings (SSSR count). The fraction of sp³-hybridized carbons (Fsp3) is 0.243. The van der Waals surface area contributed by atoms with Crippen molar-refractivity contribution in [1.82, 2.24) is 9.97 Å². The van der Waals surface area contributed by atoms with Crippen LogP contribution < -0.4 is 16.5 Å². The van der Waals surface area contributed by atoms with Crippen LogP contribution in [0.5, 0.6) is 0 Å². The first-order valence-corrected chi connectivity index (χ1v) is 14.6. The number of rotatable bonds is 4. The van der Waals surface area contributed by atoms with Crippen LogP contribution in [-0.4, -0.2) is 16.7 Å². The van der Waals surface area contributed by atoms with Crippen molar-refractivity contribution in [1.29, 1.82) is 0 Å². The number of fused-ring (bicyclic) bond motifs is 3. The molecule has 0 saturated carbocycles. The van der Waals surface area contributed by atoms with Crippen molar-refractivity contribution in [2.75, 3.05) is 0 Å². The Kier molecular flexibility index (Phi) is 6.87. The van der Waals surface area contributed by atoms with E-state index in [1.165, 1.54) is 17.7 Å². The standard InChI is InChI=1S/C37H34BF3N2/c1-23-10-13-31-30(17-23)29-12-11-24(20-32(29)38(31)34-22-26(14-16-43-34)35(2,3)4)25-18-27(21-28(19-25)37(39,40)41)36(5,6)33-9-7-8-15-42-33/h7-22H,1-6H3. The molecule has 43 heavy (non-hydrogen) atoms. The molecular weight excluding hydrogens is 540 g/mol. The van der Waals surface area contributed by atoms with E-state index < -0.39 is 17.2 Å². The fourth-order valence-electron chi connectivity index (χ4n) is 6.14. The third-order valence-corrected chi connectivity index (χ3v) is 8.74. The normalized spacial score (nSPS) is 13.2. The number of halogens is 3. The van der Waals surface area contributed by atoms with Gasteiger partial charge < -0.3 is 0 Å². The molecule has 2 nitrogen and oxygen atoms in total. The minimum atomic E-state index is -4.49. The lowest BCUT2D eigenvalue weighted by Gasteiger charge is -2.26.